The minimum Gasteiger partial charge on any atom is -0.714 e. The average molecular weight is 376 g/mol. The molecule has 1 saturated heterocycles. The molecule has 1 aliphatic rings. The summed E-state index contributed by atoms with van der Waals surface area (Å²) in [7, 11) is -5.08. The van der Waals surface area contributed by atoms with Gasteiger partial charge in [-0.15, -0.1) is 0 Å². The van der Waals surface area contributed by atoms with Crippen molar-refractivity contribution in [3.05, 3.63) is 0 Å². The Balaban J connectivity index is 2.84. The number of rotatable bonds is 7. The fraction of sp³-hybridized carbons (Fsp3) is 0.900. The molecule has 1 fully saturated rings. The van der Waals surface area contributed by atoms with Gasteiger partial charge in [0.2, 0.25) is 0 Å². The van der Waals surface area contributed by atoms with Crippen LogP contribution in [0, 0.1) is 0 Å². The van der Waals surface area contributed by atoms with E-state index in [2.05, 4.69) is 9.44 Å². The van der Waals surface area contributed by atoms with Crippen molar-refractivity contribution in [2.75, 3.05) is 13.2 Å². The van der Waals surface area contributed by atoms with Crippen LogP contribution in [0.5, 0.6) is 0 Å². The van der Waals surface area contributed by atoms with E-state index in [1.165, 1.54) is 0 Å². The molecule has 0 bridgehead atoms. The summed E-state index contributed by atoms with van der Waals surface area (Å²) in [6.07, 6.45) is -5.70. The molecule has 0 aromatic carbocycles. The zero-order valence-electron chi connectivity index (χ0n) is 11.8. The summed E-state index contributed by atoms with van der Waals surface area (Å²) in [6, 6.07) is 0. The second-order valence-electron chi connectivity index (χ2n) is 4.61. The van der Waals surface area contributed by atoms with Gasteiger partial charge in [0.05, 0.1) is 6.61 Å². The molecule has 11 nitrogen and oxygen atoms in total. The van der Waals surface area contributed by atoms with Gasteiger partial charge in [-0.25, -0.2) is 0 Å². The van der Waals surface area contributed by atoms with Crippen molar-refractivity contribution in [3.8, 4) is 0 Å². The quantitative estimate of drug-likeness (QED) is 0.101. The van der Waals surface area contributed by atoms with E-state index in [9.17, 15) is 28.3 Å². The number of aliphatic hydroxyl groups is 5. The molecule has 136 valence electrons. The lowest BCUT2D eigenvalue weighted by Crippen LogP contribution is -2.57. The summed E-state index contributed by atoms with van der Waals surface area (Å²) in [5.41, 5.74) is -1.21. The Hall–Kier alpha value is -0.510. The number of hydrogen-bond donors (Lipinski definition) is 5. The smallest absolute Gasteiger partial charge is 0.284 e. The zero-order valence-corrected chi connectivity index (χ0v) is 13.4. The molecule has 1 aliphatic heterocycles. The molecule has 0 aromatic heterocycles. The third-order valence-corrected chi connectivity index (χ3v) is 4.31. The Labute approximate surface area is 136 Å². The van der Waals surface area contributed by atoms with Crippen molar-refractivity contribution in [1.82, 2.24) is 0 Å². The molecule has 1 heterocycles. The first kappa shape index (κ1) is 20.5. The maximum absolute atomic E-state index is 10.4. The molecule has 0 spiro atoms. The van der Waals surface area contributed by atoms with Crippen LogP contribution in [0.2, 0.25) is 0 Å². The van der Waals surface area contributed by atoms with Crippen LogP contribution in [0.4, 0.5) is 0 Å². The molecule has 0 saturated carbocycles. The van der Waals surface area contributed by atoms with E-state index < -0.39 is 46.9 Å². The highest BCUT2D eigenvalue weighted by atomic mass is 32.3. The number of aliphatic hydroxyl groups excluding tert-OH is 5. The van der Waals surface area contributed by atoms with Crippen molar-refractivity contribution in [2.24, 2.45) is 5.16 Å². The van der Waals surface area contributed by atoms with Crippen molar-refractivity contribution in [3.63, 3.8) is 0 Å². The van der Waals surface area contributed by atoms with Crippen LogP contribution in [0.3, 0.4) is 0 Å². The largest absolute Gasteiger partial charge is 0.714 e. The van der Waals surface area contributed by atoms with E-state index in [1.807, 2.05) is 0 Å². The van der Waals surface area contributed by atoms with Gasteiger partial charge < -0.3 is 34.8 Å². The fourth-order valence-corrected chi connectivity index (χ4v) is 3.08. The number of nitrogens with zero attached hydrogens (tertiary/aromatic N) is 1. The lowest BCUT2D eigenvalue weighted by molar-refractivity contribution is -0.205. The molecule has 5 N–H and O–H groups in total. The molecule has 5 atom stereocenters. The van der Waals surface area contributed by atoms with Gasteiger partial charge in [0.15, 0.2) is 0 Å². The molecule has 0 aromatic rings. The van der Waals surface area contributed by atoms with Gasteiger partial charge in [-0.05, 0) is 6.42 Å². The van der Waals surface area contributed by atoms with E-state index in [1.54, 1.807) is 0 Å². The predicted molar refractivity (Wildman–Crippen MR) is 75.9 cm³/mol. The van der Waals surface area contributed by atoms with Crippen molar-refractivity contribution in [2.45, 2.75) is 42.7 Å². The first-order valence-electron chi connectivity index (χ1n) is 6.49. The predicted octanol–water partition coefficient (Wildman–Crippen LogP) is -2.92. The number of thioether (sulfide) groups is 1. The summed E-state index contributed by atoms with van der Waals surface area (Å²) in [5, 5.41) is 50.1. The Morgan fingerprint density at radius 1 is 1.22 bits per heavy atom. The topological polar surface area (TPSA) is 189 Å². The summed E-state index contributed by atoms with van der Waals surface area (Å²) in [6.45, 7) is -0.880. The lowest BCUT2D eigenvalue weighted by atomic mass is 10.0. The standard InChI is InChI=1S/C10H19NO10S2/c12-3-1-2-6(11-21-23(17,18)19)22-10-9(16)8(15)7(14)5(4-13)20-10/h5,7-10,12-16H,1-4H2,(H,17,18,19)/p-1/b11-6+/t5-,7-,8+,9-,10+/m1/s1. The van der Waals surface area contributed by atoms with E-state index >= 15 is 0 Å². The molecule has 0 radical (unpaired) electrons. The maximum atomic E-state index is 10.4. The summed E-state index contributed by atoms with van der Waals surface area (Å²) < 4.78 is 40.3. The van der Waals surface area contributed by atoms with Gasteiger partial charge in [-0.2, -0.15) is 8.42 Å². The molecule has 13 heteroatoms. The average Bonchev–Trinajstić information content (AvgIpc) is 2.49. The van der Waals surface area contributed by atoms with Crippen LogP contribution < -0.4 is 0 Å². The van der Waals surface area contributed by atoms with Gasteiger partial charge >= 0.3 is 0 Å². The lowest BCUT2D eigenvalue weighted by Gasteiger charge is -2.39. The number of ether oxygens (including phenoxy) is 1. The van der Waals surface area contributed by atoms with Crippen LogP contribution in [0.15, 0.2) is 5.16 Å². The Bertz CT molecular complexity index is 496. The summed E-state index contributed by atoms with van der Waals surface area (Å²) >= 11 is 0.635. The Kier molecular flexibility index (Phi) is 8.12. The summed E-state index contributed by atoms with van der Waals surface area (Å²) in [5.74, 6) is 0. The van der Waals surface area contributed by atoms with E-state index in [-0.39, 0.29) is 24.5 Å². The highest BCUT2D eigenvalue weighted by Gasteiger charge is 2.44. The van der Waals surface area contributed by atoms with E-state index in [0.717, 1.165) is 0 Å². The second kappa shape index (κ2) is 9.10. The van der Waals surface area contributed by atoms with Gasteiger partial charge in [0.25, 0.3) is 10.4 Å². The second-order valence-corrected chi connectivity index (χ2v) is 6.75. The van der Waals surface area contributed by atoms with Gasteiger partial charge in [0.1, 0.15) is 34.9 Å². The first-order valence-corrected chi connectivity index (χ1v) is 8.70. The van der Waals surface area contributed by atoms with Crippen LogP contribution in [0.25, 0.3) is 0 Å². The zero-order chi connectivity index (χ0) is 17.6. The molecule has 0 aliphatic carbocycles. The molecule has 1 rings (SSSR count). The third kappa shape index (κ3) is 6.48. The SMILES string of the molecule is O=S(=O)([O-])O/N=C(\CCCO)S[C@@H]1O[C@H](CO)[C@@H](O)[C@H](O)[C@H]1O. The van der Waals surface area contributed by atoms with Crippen LogP contribution in [-0.4, -0.2) is 86.6 Å². The molecule has 0 amide bonds. The highest BCUT2D eigenvalue weighted by molar-refractivity contribution is 8.14. The number of hydrogen-bond acceptors (Lipinski definition) is 12. The first-order chi connectivity index (χ1) is 10.7. The van der Waals surface area contributed by atoms with E-state index in [4.69, 9.17) is 14.9 Å². The normalized spacial score (nSPS) is 32.8. The minimum atomic E-state index is -5.08. The minimum absolute atomic E-state index is 0.00566. The van der Waals surface area contributed by atoms with Crippen LogP contribution in [-0.2, 0) is 19.4 Å². The number of oxime groups is 1. The fourth-order valence-electron chi connectivity index (χ4n) is 1.74. The van der Waals surface area contributed by atoms with E-state index in [0.29, 0.717) is 11.8 Å². The Morgan fingerprint density at radius 3 is 2.39 bits per heavy atom. The van der Waals surface area contributed by atoms with Gasteiger partial charge in [-0.3, -0.25) is 4.28 Å². The van der Waals surface area contributed by atoms with Crippen LogP contribution >= 0.6 is 11.8 Å². The molecule has 0 unspecified atom stereocenters. The monoisotopic (exact) mass is 376 g/mol. The molecular formula is C10H18NO10S2-. The summed E-state index contributed by atoms with van der Waals surface area (Å²) in [4.78, 5) is 0. The highest BCUT2D eigenvalue weighted by Crippen LogP contribution is 2.30. The van der Waals surface area contributed by atoms with Crippen LogP contribution in [0.1, 0.15) is 12.8 Å². The van der Waals surface area contributed by atoms with Crippen molar-refractivity contribution >= 4 is 27.2 Å². The van der Waals surface area contributed by atoms with Crippen molar-refractivity contribution < 1.29 is 47.5 Å². The molecular weight excluding hydrogens is 358 g/mol. The van der Waals surface area contributed by atoms with Gasteiger partial charge in [0, 0.05) is 13.0 Å². The molecule has 23 heavy (non-hydrogen) atoms. The Morgan fingerprint density at radius 2 is 1.87 bits per heavy atom. The van der Waals surface area contributed by atoms with Crippen molar-refractivity contribution in [1.29, 1.82) is 0 Å². The maximum Gasteiger partial charge on any atom is 0.284 e. The third-order valence-electron chi connectivity index (χ3n) is 2.88. The van der Waals surface area contributed by atoms with Gasteiger partial charge in [-0.1, -0.05) is 16.9 Å².